The monoisotopic (exact) mass is 570 g/mol. The summed E-state index contributed by atoms with van der Waals surface area (Å²) < 4.78 is 78.8. The van der Waals surface area contributed by atoms with Crippen molar-refractivity contribution in [2.75, 3.05) is 25.1 Å². The van der Waals surface area contributed by atoms with Gasteiger partial charge < -0.3 is 14.8 Å². The zero-order valence-electron chi connectivity index (χ0n) is 20.8. The van der Waals surface area contributed by atoms with Crippen LogP contribution >= 0.6 is 11.6 Å². The third-order valence-electron chi connectivity index (χ3n) is 5.72. The molecular weight excluding hydrogens is 545 g/mol. The fraction of sp³-hybridized carbons (Fsp3) is 0.269. The molecule has 0 heterocycles. The molecule has 7 nitrogen and oxygen atoms in total. The van der Waals surface area contributed by atoms with E-state index in [1.165, 1.54) is 38.5 Å². The summed E-state index contributed by atoms with van der Waals surface area (Å²) in [5, 5.41) is 2.17. The van der Waals surface area contributed by atoms with Crippen LogP contribution in [-0.4, -0.2) is 35.1 Å². The number of hydrogen-bond acceptors (Lipinski definition) is 5. The third-order valence-corrected chi connectivity index (χ3v) is 7.83. The van der Waals surface area contributed by atoms with Crippen molar-refractivity contribution in [3.8, 4) is 11.5 Å². The van der Waals surface area contributed by atoms with Gasteiger partial charge in [-0.3, -0.25) is 9.10 Å². The van der Waals surface area contributed by atoms with E-state index in [-0.39, 0.29) is 10.6 Å². The molecule has 0 aliphatic carbocycles. The standard InChI is InChI=1S/C26H26ClF3N2O5S/c1-4-22(17-10-13-23(36-2)24(14-17)37-3)31-25(33)16-32(38(34,35)19-8-6-5-7-9-19)18-11-12-21(27)20(15-18)26(28,29)30/h5-15,22H,4,16H2,1-3H3,(H,31,33). The van der Waals surface area contributed by atoms with Crippen molar-refractivity contribution in [2.24, 2.45) is 0 Å². The van der Waals surface area contributed by atoms with Gasteiger partial charge >= 0.3 is 6.18 Å². The molecule has 1 N–H and O–H groups in total. The lowest BCUT2D eigenvalue weighted by molar-refractivity contribution is -0.137. The van der Waals surface area contributed by atoms with Crippen molar-refractivity contribution < 1.29 is 35.9 Å². The van der Waals surface area contributed by atoms with Gasteiger partial charge in [-0.1, -0.05) is 42.8 Å². The molecule has 1 amide bonds. The summed E-state index contributed by atoms with van der Waals surface area (Å²) in [7, 11) is -1.47. The molecule has 0 fully saturated rings. The first-order chi connectivity index (χ1) is 17.9. The molecule has 0 saturated heterocycles. The van der Waals surface area contributed by atoms with Crippen molar-refractivity contribution in [1.29, 1.82) is 0 Å². The van der Waals surface area contributed by atoms with Crippen molar-refractivity contribution in [3.63, 3.8) is 0 Å². The number of halogens is 4. The third kappa shape index (κ3) is 6.51. The van der Waals surface area contributed by atoms with Crippen LogP contribution in [-0.2, 0) is 21.0 Å². The summed E-state index contributed by atoms with van der Waals surface area (Å²) in [4.78, 5) is 13.0. The molecule has 0 aromatic heterocycles. The number of nitrogens with zero attached hydrogens (tertiary/aromatic N) is 1. The van der Waals surface area contributed by atoms with Crippen LogP contribution in [0.2, 0.25) is 5.02 Å². The minimum absolute atomic E-state index is 0.191. The van der Waals surface area contributed by atoms with Crippen molar-refractivity contribution in [1.82, 2.24) is 5.32 Å². The Bertz CT molecular complexity index is 1390. The summed E-state index contributed by atoms with van der Waals surface area (Å²) in [5.41, 5.74) is -0.913. The number of methoxy groups -OCH3 is 2. The molecule has 0 saturated carbocycles. The van der Waals surface area contributed by atoms with Gasteiger partial charge in [0, 0.05) is 0 Å². The van der Waals surface area contributed by atoms with Crippen molar-refractivity contribution in [2.45, 2.75) is 30.5 Å². The van der Waals surface area contributed by atoms with Crippen LogP contribution in [0.1, 0.15) is 30.5 Å². The average molecular weight is 571 g/mol. The molecule has 1 atom stereocenters. The van der Waals surface area contributed by atoms with Crippen LogP contribution in [0.5, 0.6) is 11.5 Å². The van der Waals surface area contributed by atoms with E-state index in [4.69, 9.17) is 21.1 Å². The van der Waals surface area contributed by atoms with Gasteiger partial charge in [-0.05, 0) is 54.4 Å². The predicted octanol–water partition coefficient (Wildman–Crippen LogP) is 5.84. The SMILES string of the molecule is CCC(NC(=O)CN(c1ccc(Cl)c(C(F)(F)F)c1)S(=O)(=O)c1ccccc1)c1ccc(OC)c(OC)c1. The lowest BCUT2D eigenvalue weighted by Gasteiger charge is -2.26. The summed E-state index contributed by atoms with van der Waals surface area (Å²) in [6.45, 7) is 1.04. The van der Waals surface area contributed by atoms with Gasteiger partial charge in [0.05, 0.1) is 41.4 Å². The largest absolute Gasteiger partial charge is 0.493 e. The number of hydrogen-bond donors (Lipinski definition) is 1. The molecule has 204 valence electrons. The normalized spacial score (nSPS) is 12.5. The van der Waals surface area contributed by atoms with Gasteiger partial charge in [0.2, 0.25) is 5.91 Å². The Labute approximate surface area is 224 Å². The first kappa shape index (κ1) is 29.1. The van der Waals surface area contributed by atoms with Crippen LogP contribution in [0.15, 0.2) is 71.6 Å². The second-order valence-corrected chi connectivity index (χ2v) is 10.4. The zero-order valence-corrected chi connectivity index (χ0v) is 22.3. The summed E-state index contributed by atoms with van der Waals surface area (Å²) in [5.74, 6) is 0.197. The van der Waals surface area contributed by atoms with E-state index in [0.29, 0.717) is 33.9 Å². The maximum absolute atomic E-state index is 13.5. The molecular formula is C26H26ClF3N2O5S. The number of benzene rings is 3. The van der Waals surface area contributed by atoms with E-state index in [1.54, 1.807) is 24.3 Å². The topological polar surface area (TPSA) is 84.9 Å². The van der Waals surface area contributed by atoms with E-state index in [1.807, 2.05) is 6.92 Å². The molecule has 0 aliphatic rings. The number of amides is 1. The van der Waals surface area contributed by atoms with Gasteiger partial charge in [0.25, 0.3) is 10.0 Å². The minimum atomic E-state index is -4.84. The Morgan fingerprint density at radius 2 is 1.66 bits per heavy atom. The predicted molar refractivity (Wildman–Crippen MR) is 138 cm³/mol. The molecule has 3 rings (SSSR count). The highest BCUT2D eigenvalue weighted by molar-refractivity contribution is 7.92. The van der Waals surface area contributed by atoms with Crippen molar-refractivity contribution >= 4 is 33.2 Å². The highest BCUT2D eigenvalue weighted by Crippen LogP contribution is 2.38. The molecule has 12 heteroatoms. The average Bonchev–Trinajstić information content (AvgIpc) is 2.90. The molecule has 0 radical (unpaired) electrons. The fourth-order valence-electron chi connectivity index (χ4n) is 3.78. The van der Waals surface area contributed by atoms with E-state index in [9.17, 15) is 26.4 Å². The van der Waals surface area contributed by atoms with E-state index >= 15 is 0 Å². The second-order valence-electron chi connectivity index (χ2n) is 8.13. The van der Waals surface area contributed by atoms with Crippen LogP contribution in [0.25, 0.3) is 0 Å². The lowest BCUT2D eigenvalue weighted by atomic mass is 10.0. The zero-order chi connectivity index (χ0) is 28.1. The summed E-state index contributed by atoms with van der Waals surface area (Å²) in [6.07, 6.45) is -4.40. The van der Waals surface area contributed by atoms with Crippen LogP contribution in [0, 0.1) is 0 Å². The van der Waals surface area contributed by atoms with Gasteiger partial charge in [0.15, 0.2) is 11.5 Å². The maximum atomic E-state index is 13.5. The number of rotatable bonds is 10. The Morgan fingerprint density at radius 3 is 2.24 bits per heavy atom. The first-order valence-corrected chi connectivity index (χ1v) is 13.2. The smallest absolute Gasteiger partial charge is 0.417 e. The molecule has 0 spiro atoms. The summed E-state index contributed by atoms with van der Waals surface area (Å²) >= 11 is 5.74. The van der Waals surface area contributed by atoms with Crippen LogP contribution in [0.3, 0.4) is 0 Å². The number of nitrogens with one attached hydrogen (secondary N) is 1. The number of sulfonamides is 1. The molecule has 3 aromatic rings. The Kier molecular flexibility index (Phi) is 9.16. The number of anilines is 1. The van der Waals surface area contributed by atoms with Gasteiger partial charge in [-0.2, -0.15) is 13.2 Å². The van der Waals surface area contributed by atoms with Crippen LogP contribution in [0.4, 0.5) is 18.9 Å². The lowest BCUT2D eigenvalue weighted by Crippen LogP contribution is -2.42. The highest BCUT2D eigenvalue weighted by Gasteiger charge is 2.35. The Morgan fingerprint density at radius 1 is 1.00 bits per heavy atom. The Balaban J connectivity index is 1.99. The van der Waals surface area contributed by atoms with Gasteiger partial charge in [-0.25, -0.2) is 8.42 Å². The maximum Gasteiger partial charge on any atom is 0.417 e. The number of ether oxygens (including phenoxy) is 2. The van der Waals surface area contributed by atoms with E-state index in [2.05, 4.69) is 5.32 Å². The van der Waals surface area contributed by atoms with Crippen LogP contribution < -0.4 is 19.1 Å². The highest BCUT2D eigenvalue weighted by atomic mass is 35.5. The molecule has 38 heavy (non-hydrogen) atoms. The van der Waals surface area contributed by atoms with Crippen molar-refractivity contribution in [3.05, 3.63) is 82.9 Å². The number of carbonyl (C=O) groups excluding carboxylic acids is 1. The van der Waals surface area contributed by atoms with E-state index in [0.717, 1.165) is 12.1 Å². The number of alkyl halides is 3. The fourth-order valence-corrected chi connectivity index (χ4v) is 5.44. The Hall–Kier alpha value is -3.44. The number of carbonyl (C=O) groups is 1. The molecule has 0 aliphatic heterocycles. The summed E-state index contributed by atoms with van der Waals surface area (Å²) in [6, 6.07) is 14.3. The second kappa shape index (κ2) is 12.0. The van der Waals surface area contributed by atoms with Gasteiger partial charge in [-0.15, -0.1) is 0 Å². The quantitative estimate of drug-likeness (QED) is 0.331. The minimum Gasteiger partial charge on any atom is -0.493 e. The van der Waals surface area contributed by atoms with Gasteiger partial charge in [0.1, 0.15) is 6.54 Å². The van der Waals surface area contributed by atoms with E-state index < -0.39 is 45.3 Å². The molecule has 0 bridgehead atoms. The molecule has 1 unspecified atom stereocenters. The first-order valence-electron chi connectivity index (χ1n) is 11.4. The molecule has 3 aromatic carbocycles.